The summed E-state index contributed by atoms with van der Waals surface area (Å²) in [5, 5.41) is 17.0. The number of ether oxygens (including phenoxy) is 2. The Morgan fingerprint density at radius 2 is 1.20 bits per heavy atom. The molecule has 0 aliphatic heterocycles. The summed E-state index contributed by atoms with van der Waals surface area (Å²) in [7, 11) is -4.20. The molecule has 0 spiro atoms. The number of anilines is 2. The first-order chi connectivity index (χ1) is 21.4. The van der Waals surface area contributed by atoms with Crippen LogP contribution in [0.2, 0.25) is 0 Å². The van der Waals surface area contributed by atoms with Crippen molar-refractivity contribution >= 4 is 33.0 Å². The van der Waals surface area contributed by atoms with Gasteiger partial charge in [0.05, 0.1) is 21.0 Å². The van der Waals surface area contributed by atoms with Gasteiger partial charge in [0.25, 0.3) is 11.8 Å². The number of rotatable bonds is 12. The fourth-order valence-electron chi connectivity index (χ4n) is 5.12. The quantitative estimate of drug-likeness (QED) is 0.152. The van der Waals surface area contributed by atoms with Gasteiger partial charge in [0.2, 0.25) is 16.4 Å². The summed E-state index contributed by atoms with van der Waals surface area (Å²) in [5.74, 6) is 0.0334. The third kappa shape index (κ3) is 8.03. The van der Waals surface area contributed by atoms with Crippen LogP contribution in [0.4, 0.5) is 11.4 Å². The van der Waals surface area contributed by atoms with E-state index in [1.807, 2.05) is 6.07 Å². The first kappa shape index (κ1) is 32.7. The molecule has 45 heavy (non-hydrogen) atoms. The molecule has 0 aromatic heterocycles. The molecule has 2 N–H and O–H groups in total. The molecule has 234 valence electrons. The Morgan fingerprint density at radius 3 is 1.69 bits per heavy atom. The van der Waals surface area contributed by atoms with Crippen LogP contribution in [0.15, 0.2) is 88.7 Å². The number of hydrogen-bond donors (Lipinski definition) is 2. The predicted molar refractivity (Wildman–Crippen MR) is 169 cm³/mol. The van der Waals surface area contributed by atoms with Crippen LogP contribution in [-0.2, 0) is 26.0 Å². The maximum Gasteiger partial charge on any atom is 0.262 e. The SMILES string of the molecule is Cc1cc(NC(=O)COc2ccccc2)cc(C)c1S(=O)(=O)c1c(C)cc(NC(=O)COc2ccccc2)c(C[N+](=O)[O-])c1C. The van der Waals surface area contributed by atoms with Gasteiger partial charge in [-0.15, -0.1) is 0 Å². The van der Waals surface area contributed by atoms with Gasteiger partial charge in [-0.3, -0.25) is 19.7 Å². The van der Waals surface area contributed by atoms with E-state index in [1.165, 1.54) is 13.0 Å². The van der Waals surface area contributed by atoms with E-state index in [2.05, 4.69) is 10.6 Å². The Labute approximate surface area is 261 Å². The van der Waals surface area contributed by atoms with Crippen molar-refractivity contribution in [1.29, 1.82) is 0 Å². The van der Waals surface area contributed by atoms with Crippen LogP contribution in [0.25, 0.3) is 0 Å². The number of para-hydroxylation sites is 2. The molecule has 0 saturated heterocycles. The molecule has 4 rings (SSSR count). The summed E-state index contributed by atoms with van der Waals surface area (Å²) in [6.07, 6.45) is 0. The Bertz CT molecular complexity index is 1820. The van der Waals surface area contributed by atoms with Crippen molar-refractivity contribution in [3.8, 4) is 11.5 Å². The number of nitro groups is 1. The number of benzene rings is 4. The van der Waals surface area contributed by atoms with Crippen molar-refractivity contribution < 1.29 is 32.4 Å². The van der Waals surface area contributed by atoms with Crippen LogP contribution in [0.1, 0.15) is 27.8 Å². The van der Waals surface area contributed by atoms with Gasteiger partial charge >= 0.3 is 0 Å². The molecule has 12 heteroatoms. The Balaban J connectivity index is 1.61. The highest BCUT2D eigenvalue weighted by atomic mass is 32.2. The number of nitrogens with zero attached hydrogens (tertiary/aromatic N) is 1. The van der Waals surface area contributed by atoms with Crippen molar-refractivity contribution in [2.24, 2.45) is 0 Å². The highest BCUT2D eigenvalue weighted by Crippen LogP contribution is 2.37. The van der Waals surface area contributed by atoms with E-state index in [0.717, 1.165) is 0 Å². The lowest BCUT2D eigenvalue weighted by atomic mass is 10.0. The third-order valence-electron chi connectivity index (χ3n) is 6.91. The summed E-state index contributed by atoms with van der Waals surface area (Å²) >= 11 is 0. The largest absolute Gasteiger partial charge is 0.484 e. The van der Waals surface area contributed by atoms with Gasteiger partial charge < -0.3 is 20.1 Å². The first-order valence-corrected chi connectivity index (χ1v) is 15.4. The molecule has 0 radical (unpaired) electrons. The van der Waals surface area contributed by atoms with E-state index >= 15 is 0 Å². The molecule has 4 aromatic rings. The van der Waals surface area contributed by atoms with Crippen molar-refractivity contribution in [3.05, 3.63) is 117 Å². The highest BCUT2D eigenvalue weighted by Gasteiger charge is 2.30. The second-order valence-corrected chi connectivity index (χ2v) is 12.2. The van der Waals surface area contributed by atoms with E-state index in [0.29, 0.717) is 33.9 Å². The molecule has 0 fully saturated rings. The van der Waals surface area contributed by atoms with Gasteiger partial charge in [-0.25, -0.2) is 8.42 Å². The standard InChI is InChI=1S/C33H33N3O8S/c1-21-15-25(34-30(37)19-43-26-11-7-5-8-12-26)16-22(2)32(21)45(41,42)33-23(3)17-29(28(24(33)4)18-36(39)40)35-31(38)20-44-27-13-9-6-10-14-27/h5-17H,18-20H2,1-4H3,(H,34,37)(H,35,38). The smallest absolute Gasteiger partial charge is 0.262 e. The van der Waals surface area contributed by atoms with Gasteiger partial charge in [0, 0.05) is 10.6 Å². The van der Waals surface area contributed by atoms with Crippen LogP contribution in [0.5, 0.6) is 11.5 Å². The minimum absolute atomic E-state index is 0.0207. The van der Waals surface area contributed by atoms with Gasteiger partial charge in [-0.05, 0) is 92.4 Å². The van der Waals surface area contributed by atoms with Crippen molar-refractivity contribution in [3.63, 3.8) is 0 Å². The lowest BCUT2D eigenvalue weighted by Gasteiger charge is -2.20. The van der Waals surface area contributed by atoms with Crippen LogP contribution >= 0.6 is 0 Å². The maximum atomic E-state index is 14.2. The summed E-state index contributed by atoms with van der Waals surface area (Å²) in [6, 6.07) is 22.0. The number of sulfone groups is 1. The van der Waals surface area contributed by atoms with E-state index in [9.17, 15) is 28.1 Å². The summed E-state index contributed by atoms with van der Waals surface area (Å²) in [4.78, 5) is 36.2. The lowest BCUT2D eigenvalue weighted by molar-refractivity contribution is -0.496. The normalized spacial score (nSPS) is 11.0. The summed E-state index contributed by atoms with van der Waals surface area (Å²) in [6.45, 7) is 4.98. The molecule has 4 aromatic carbocycles. The molecule has 0 aliphatic rings. The molecule has 11 nitrogen and oxygen atoms in total. The van der Waals surface area contributed by atoms with Gasteiger partial charge in [0.15, 0.2) is 13.2 Å². The Kier molecular flexibility index (Phi) is 10.2. The van der Waals surface area contributed by atoms with E-state index in [-0.39, 0.29) is 39.8 Å². The van der Waals surface area contributed by atoms with Gasteiger partial charge in [-0.1, -0.05) is 36.4 Å². The molecule has 0 aliphatic carbocycles. The molecule has 0 bridgehead atoms. The number of hydrogen-bond acceptors (Lipinski definition) is 8. The molecule has 2 amide bonds. The molecular weight excluding hydrogens is 598 g/mol. The third-order valence-corrected chi connectivity index (χ3v) is 9.25. The number of aryl methyl sites for hydroxylation is 3. The predicted octanol–water partition coefficient (Wildman–Crippen LogP) is 5.56. The fraction of sp³-hybridized carbons (Fsp3) is 0.212. The van der Waals surface area contributed by atoms with Gasteiger partial charge in [-0.2, -0.15) is 0 Å². The Hall–Kier alpha value is -5.23. The molecule has 0 unspecified atom stereocenters. The zero-order chi connectivity index (χ0) is 32.7. The molecular formula is C33H33N3O8S. The van der Waals surface area contributed by atoms with Crippen LogP contribution < -0.4 is 20.1 Å². The van der Waals surface area contributed by atoms with E-state index in [4.69, 9.17) is 9.47 Å². The minimum Gasteiger partial charge on any atom is -0.484 e. The highest BCUT2D eigenvalue weighted by molar-refractivity contribution is 7.91. The topological polar surface area (TPSA) is 154 Å². The van der Waals surface area contributed by atoms with Crippen molar-refractivity contribution in [1.82, 2.24) is 0 Å². The van der Waals surface area contributed by atoms with Crippen LogP contribution in [0.3, 0.4) is 0 Å². The Morgan fingerprint density at radius 1 is 0.733 bits per heavy atom. The average molecular weight is 632 g/mol. The number of carbonyl (C=O) groups is 2. The maximum absolute atomic E-state index is 14.2. The van der Waals surface area contributed by atoms with Gasteiger partial charge in [0.1, 0.15) is 11.5 Å². The average Bonchev–Trinajstić information content (AvgIpc) is 2.97. The molecule has 0 atom stereocenters. The van der Waals surface area contributed by atoms with Crippen LogP contribution in [0, 0.1) is 37.8 Å². The molecule has 0 saturated carbocycles. The van der Waals surface area contributed by atoms with Crippen molar-refractivity contribution in [2.45, 2.75) is 44.0 Å². The molecule has 0 heterocycles. The van der Waals surface area contributed by atoms with E-state index in [1.54, 1.807) is 87.5 Å². The minimum atomic E-state index is -4.20. The number of amides is 2. The number of carbonyl (C=O) groups excluding carboxylic acids is 2. The second-order valence-electron chi connectivity index (χ2n) is 10.4. The van der Waals surface area contributed by atoms with E-state index < -0.39 is 33.1 Å². The zero-order valence-electron chi connectivity index (χ0n) is 25.2. The monoisotopic (exact) mass is 631 g/mol. The lowest BCUT2D eigenvalue weighted by Crippen LogP contribution is -2.22. The van der Waals surface area contributed by atoms with Crippen molar-refractivity contribution in [2.75, 3.05) is 23.8 Å². The number of nitrogens with one attached hydrogen (secondary N) is 2. The second kappa shape index (κ2) is 14.0. The zero-order valence-corrected chi connectivity index (χ0v) is 26.1. The summed E-state index contributed by atoms with van der Waals surface area (Å²) in [5.41, 5.74) is 1.79. The fourth-order valence-corrected chi connectivity index (χ4v) is 7.30. The van der Waals surface area contributed by atoms with Crippen LogP contribution in [-0.4, -0.2) is 38.4 Å². The summed E-state index contributed by atoms with van der Waals surface area (Å²) < 4.78 is 39.3. The first-order valence-electron chi connectivity index (χ1n) is 13.9.